The van der Waals surface area contributed by atoms with Crippen molar-refractivity contribution in [1.29, 1.82) is 0 Å². The highest BCUT2D eigenvalue weighted by Gasteiger charge is 2.39. The predicted molar refractivity (Wildman–Crippen MR) is 114 cm³/mol. The molecule has 2 amide bonds. The first kappa shape index (κ1) is 19.9. The van der Waals surface area contributed by atoms with E-state index in [1.54, 1.807) is 18.2 Å². The third-order valence-corrected chi connectivity index (χ3v) is 5.34. The van der Waals surface area contributed by atoms with Crippen molar-refractivity contribution in [2.75, 3.05) is 29.9 Å². The highest BCUT2D eigenvalue weighted by atomic mass is 16.2. The standard InChI is InChI=1S/C23H29N3O2/c1-4-26(21-11-6-5-8-16(21)2)13-12-24-22(27)18-9-7-10-19(15-18)25-23(28)20-14-17(20)3/h5-11,15,17,20H,4,12-14H2,1-3H3,(H,24,27)(H,25,28). The number of carbonyl (C=O) groups is 2. The topological polar surface area (TPSA) is 61.4 Å². The molecule has 0 heterocycles. The van der Waals surface area contributed by atoms with Crippen LogP contribution < -0.4 is 15.5 Å². The van der Waals surface area contributed by atoms with Crippen molar-refractivity contribution in [2.45, 2.75) is 27.2 Å². The van der Waals surface area contributed by atoms with Gasteiger partial charge in [-0.25, -0.2) is 0 Å². The smallest absolute Gasteiger partial charge is 0.251 e. The molecule has 148 valence electrons. The van der Waals surface area contributed by atoms with Crippen molar-refractivity contribution in [2.24, 2.45) is 11.8 Å². The molecular formula is C23H29N3O2. The van der Waals surface area contributed by atoms with E-state index in [0.717, 1.165) is 19.5 Å². The molecule has 5 nitrogen and oxygen atoms in total. The second kappa shape index (κ2) is 8.91. The lowest BCUT2D eigenvalue weighted by Gasteiger charge is -2.25. The van der Waals surface area contributed by atoms with Gasteiger partial charge in [0.25, 0.3) is 5.91 Å². The number of benzene rings is 2. The van der Waals surface area contributed by atoms with E-state index in [4.69, 9.17) is 0 Å². The van der Waals surface area contributed by atoms with Gasteiger partial charge in [-0.2, -0.15) is 0 Å². The van der Waals surface area contributed by atoms with Gasteiger partial charge in [-0.1, -0.05) is 31.2 Å². The van der Waals surface area contributed by atoms with Gasteiger partial charge in [-0.15, -0.1) is 0 Å². The van der Waals surface area contributed by atoms with Crippen LogP contribution in [-0.2, 0) is 4.79 Å². The molecular weight excluding hydrogens is 350 g/mol. The van der Waals surface area contributed by atoms with Crippen molar-refractivity contribution in [3.8, 4) is 0 Å². The molecule has 2 atom stereocenters. The number of aryl methyl sites for hydroxylation is 1. The van der Waals surface area contributed by atoms with E-state index < -0.39 is 0 Å². The zero-order chi connectivity index (χ0) is 20.1. The Balaban J connectivity index is 1.54. The van der Waals surface area contributed by atoms with Gasteiger partial charge in [0, 0.05) is 42.5 Å². The van der Waals surface area contributed by atoms with Crippen LogP contribution in [-0.4, -0.2) is 31.4 Å². The first-order valence-corrected chi connectivity index (χ1v) is 9.99. The quantitative estimate of drug-likeness (QED) is 0.732. The summed E-state index contributed by atoms with van der Waals surface area (Å²) in [7, 11) is 0. The Morgan fingerprint density at radius 1 is 1.14 bits per heavy atom. The van der Waals surface area contributed by atoms with Crippen molar-refractivity contribution < 1.29 is 9.59 Å². The third-order valence-electron chi connectivity index (χ3n) is 5.34. The SMILES string of the molecule is CCN(CCNC(=O)c1cccc(NC(=O)C2CC2C)c1)c1ccccc1C. The second-order valence-electron chi connectivity index (χ2n) is 7.51. The van der Waals surface area contributed by atoms with Gasteiger partial charge < -0.3 is 15.5 Å². The number of amides is 2. The van der Waals surface area contributed by atoms with Gasteiger partial charge in [0.2, 0.25) is 5.91 Å². The molecule has 2 aromatic carbocycles. The summed E-state index contributed by atoms with van der Waals surface area (Å²) in [5, 5.41) is 5.90. The summed E-state index contributed by atoms with van der Waals surface area (Å²) in [6.45, 7) is 8.45. The zero-order valence-corrected chi connectivity index (χ0v) is 16.9. The Morgan fingerprint density at radius 2 is 1.89 bits per heavy atom. The molecule has 1 aliphatic rings. The zero-order valence-electron chi connectivity index (χ0n) is 16.9. The van der Waals surface area contributed by atoms with Crippen LogP contribution >= 0.6 is 0 Å². The third kappa shape index (κ3) is 4.91. The molecule has 1 fully saturated rings. The Bertz CT molecular complexity index is 849. The highest BCUT2D eigenvalue weighted by Crippen LogP contribution is 2.38. The minimum atomic E-state index is -0.128. The Labute approximate surface area is 167 Å². The Kier molecular flexibility index (Phi) is 6.34. The van der Waals surface area contributed by atoms with Crippen LogP contribution in [0.2, 0.25) is 0 Å². The maximum atomic E-state index is 12.5. The molecule has 0 radical (unpaired) electrons. The predicted octanol–water partition coefficient (Wildman–Crippen LogP) is 3.85. The molecule has 0 saturated heterocycles. The van der Waals surface area contributed by atoms with Crippen LogP contribution in [0.25, 0.3) is 0 Å². The normalized spacial score (nSPS) is 17.7. The number of hydrogen-bond donors (Lipinski definition) is 2. The molecule has 0 bridgehead atoms. The first-order valence-electron chi connectivity index (χ1n) is 9.99. The van der Waals surface area contributed by atoms with Crippen LogP contribution in [0, 0.1) is 18.8 Å². The maximum absolute atomic E-state index is 12.5. The Morgan fingerprint density at radius 3 is 2.57 bits per heavy atom. The van der Waals surface area contributed by atoms with Crippen LogP contribution in [0.4, 0.5) is 11.4 Å². The number of likely N-dealkylation sites (N-methyl/N-ethyl adjacent to an activating group) is 1. The van der Waals surface area contributed by atoms with Crippen LogP contribution in [0.3, 0.4) is 0 Å². The van der Waals surface area contributed by atoms with Gasteiger partial charge in [0.05, 0.1) is 0 Å². The van der Waals surface area contributed by atoms with E-state index >= 15 is 0 Å². The molecule has 0 aliphatic heterocycles. The number of nitrogens with one attached hydrogen (secondary N) is 2. The summed E-state index contributed by atoms with van der Waals surface area (Å²) >= 11 is 0. The molecule has 3 rings (SSSR count). The molecule has 0 spiro atoms. The fourth-order valence-electron chi connectivity index (χ4n) is 3.43. The molecule has 2 N–H and O–H groups in total. The monoisotopic (exact) mass is 379 g/mol. The summed E-state index contributed by atoms with van der Waals surface area (Å²) in [5.41, 5.74) is 3.65. The van der Waals surface area contributed by atoms with Gasteiger partial charge >= 0.3 is 0 Å². The molecule has 2 aromatic rings. The summed E-state index contributed by atoms with van der Waals surface area (Å²) in [6.07, 6.45) is 0.945. The summed E-state index contributed by atoms with van der Waals surface area (Å²) in [6, 6.07) is 15.4. The van der Waals surface area contributed by atoms with Gasteiger partial charge in [-0.3, -0.25) is 9.59 Å². The van der Waals surface area contributed by atoms with Crippen molar-refractivity contribution in [3.05, 3.63) is 59.7 Å². The molecule has 2 unspecified atom stereocenters. The molecule has 5 heteroatoms. The molecule has 1 aliphatic carbocycles. The number of carbonyl (C=O) groups excluding carboxylic acids is 2. The maximum Gasteiger partial charge on any atom is 0.251 e. The summed E-state index contributed by atoms with van der Waals surface area (Å²) < 4.78 is 0. The van der Waals surface area contributed by atoms with Gasteiger partial charge in [0.15, 0.2) is 0 Å². The van der Waals surface area contributed by atoms with Crippen LogP contribution in [0.1, 0.15) is 36.2 Å². The van der Waals surface area contributed by atoms with Crippen molar-refractivity contribution in [3.63, 3.8) is 0 Å². The van der Waals surface area contributed by atoms with Gasteiger partial charge in [0.1, 0.15) is 0 Å². The number of anilines is 2. The van der Waals surface area contributed by atoms with E-state index in [1.165, 1.54) is 11.3 Å². The average Bonchev–Trinajstić information content (AvgIpc) is 3.43. The fraction of sp³-hybridized carbons (Fsp3) is 0.391. The number of nitrogens with zero attached hydrogens (tertiary/aromatic N) is 1. The van der Waals surface area contributed by atoms with Gasteiger partial charge in [-0.05, 0) is 56.0 Å². The lowest BCUT2D eigenvalue weighted by Crippen LogP contribution is -2.35. The second-order valence-corrected chi connectivity index (χ2v) is 7.51. The molecule has 28 heavy (non-hydrogen) atoms. The number of hydrogen-bond acceptors (Lipinski definition) is 3. The summed E-state index contributed by atoms with van der Waals surface area (Å²) in [4.78, 5) is 26.9. The minimum Gasteiger partial charge on any atom is -0.370 e. The van der Waals surface area contributed by atoms with E-state index in [-0.39, 0.29) is 17.7 Å². The average molecular weight is 380 g/mol. The van der Waals surface area contributed by atoms with E-state index in [1.807, 2.05) is 18.2 Å². The highest BCUT2D eigenvalue weighted by molar-refractivity contribution is 5.98. The molecule has 0 aromatic heterocycles. The van der Waals surface area contributed by atoms with Crippen LogP contribution in [0.15, 0.2) is 48.5 Å². The van der Waals surface area contributed by atoms with Crippen molar-refractivity contribution >= 4 is 23.2 Å². The van der Waals surface area contributed by atoms with E-state index in [2.05, 4.69) is 48.4 Å². The Hall–Kier alpha value is -2.82. The molecule has 1 saturated carbocycles. The number of para-hydroxylation sites is 1. The largest absolute Gasteiger partial charge is 0.370 e. The van der Waals surface area contributed by atoms with Crippen molar-refractivity contribution in [1.82, 2.24) is 5.32 Å². The van der Waals surface area contributed by atoms with E-state index in [0.29, 0.717) is 23.7 Å². The fourth-order valence-corrected chi connectivity index (χ4v) is 3.43. The summed E-state index contributed by atoms with van der Waals surface area (Å²) in [5.74, 6) is 0.485. The van der Waals surface area contributed by atoms with Crippen LogP contribution in [0.5, 0.6) is 0 Å². The lowest BCUT2D eigenvalue weighted by molar-refractivity contribution is -0.117. The minimum absolute atomic E-state index is 0.0434. The first-order chi connectivity index (χ1) is 13.5. The number of rotatable bonds is 8. The van der Waals surface area contributed by atoms with E-state index in [9.17, 15) is 9.59 Å². The lowest BCUT2D eigenvalue weighted by atomic mass is 10.1.